The average Bonchev–Trinajstić information content (AvgIpc) is 3.05. The number of carbonyl (C=O) groups is 3. The van der Waals surface area contributed by atoms with Crippen molar-refractivity contribution in [1.82, 2.24) is 10.9 Å². The number of benzene rings is 2. The number of nitrogens with one attached hydrogen (secondary N) is 2. The van der Waals surface area contributed by atoms with Gasteiger partial charge >= 0.3 is 0 Å². The van der Waals surface area contributed by atoms with Gasteiger partial charge in [-0.05, 0) is 55.3 Å². The smallest absolute Gasteiger partial charge is 0.269 e. The summed E-state index contributed by atoms with van der Waals surface area (Å²) < 4.78 is 0. The molecule has 1 atom stereocenters. The third-order valence-electron chi connectivity index (χ3n) is 4.78. The Kier molecular flexibility index (Phi) is 5.91. The Labute approximate surface area is 172 Å². The average molecular weight is 420 g/mol. The van der Waals surface area contributed by atoms with Gasteiger partial charge in [0.2, 0.25) is 11.8 Å². The van der Waals surface area contributed by atoms with Crippen molar-refractivity contribution in [2.24, 2.45) is 5.92 Å². The van der Waals surface area contributed by atoms with Crippen LogP contribution < -0.4 is 15.8 Å². The van der Waals surface area contributed by atoms with Gasteiger partial charge < -0.3 is 4.90 Å². The second-order valence-corrected chi connectivity index (χ2v) is 7.56. The van der Waals surface area contributed by atoms with Gasteiger partial charge in [0.1, 0.15) is 0 Å². The molecule has 28 heavy (non-hydrogen) atoms. The lowest BCUT2D eigenvalue weighted by molar-refractivity contribution is -0.126. The highest BCUT2D eigenvalue weighted by Crippen LogP contribution is 2.27. The molecular weight excluding hydrogens is 401 g/mol. The highest BCUT2D eigenvalue weighted by molar-refractivity contribution is 6.42. The quantitative estimate of drug-likeness (QED) is 0.747. The Balaban J connectivity index is 1.60. The molecule has 2 N–H and O–H groups in total. The first kappa shape index (κ1) is 20.2. The van der Waals surface area contributed by atoms with E-state index in [1.54, 1.807) is 4.90 Å². The van der Waals surface area contributed by atoms with E-state index in [0.717, 1.165) is 16.8 Å². The highest BCUT2D eigenvalue weighted by atomic mass is 35.5. The number of hydrogen-bond acceptors (Lipinski definition) is 3. The minimum atomic E-state index is -0.553. The Bertz CT molecular complexity index is 962. The van der Waals surface area contributed by atoms with Crippen molar-refractivity contribution in [3.63, 3.8) is 0 Å². The number of anilines is 1. The fourth-order valence-electron chi connectivity index (χ4n) is 2.96. The second-order valence-electron chi connectivity index (χ2n) is 6.75. The molecule has 0 spiro atoms. The number of aryl methyl sites for hydroxylation is 2. The van der Waals surface area contributed by atoms with Gasteiger partial charge in [0, 0.05) is 24.2 Å². The molecule has 0 saturated carbocycles. The molecule has 0 aliphatic carbocycles. The highest BCUT2D eigenvalue weighted by Gasteiger charge is 2.35. The van der Waals surface area contributed by atoms with Crippen molar-refractivity contribution in [2.45, 2.75) is 20.3 Å². The van der Waals surface area contributed by atoms with Gasteiger partial charge in [-0.15, -0.1) is 0 Å². The third-order valence-corrected chi connectivity index (χ3v) is 5.52. The maximum atomic E-state index is 12.4. The van der Waals surface area contributed by atoms with Gasteiger partial charge in [-0.3, -0.25) is 25.2 Å². The van der Waals surface area contributed by atoms with E-state index in [4.69, 9.17) is 23.2 Å². The minimum absolute atomic E-state index is 0.0847. The largest absolute Gasteiger partial charge is 0.312 e. The lowest BCUT2D eigenvalue weighted by Crippen LogP contribution is -2.45. The first-order valence-corrected chi connectivity index (χ1v) is 9.44. The molecule has 3 rings (SSSR count). The number of hydrogen-bond donors (Lipinski definition) is 2. The summed E-state index contributed by atoms with van der Waals surface area (Å²) in [5.41, 5.74) is 7.95. The Morgan fingerprint density at radius 1 is 1.00 bits per heavy atom. The number of rotatable bonds is 3. The summed E-state index contributed by atoms with van der Waals surface area (Å²) in [6, 6.07) is 10.1. The fourth-order valence-corrected chi connectivity index (χ4v) is 3.25. The van der Waals surface area contributed by atoms with Crippen molar-refractivity contribution in [3.05, 3.63) is 63.1 Å². The van der Waals surface area contributed by atoms with E-state index in [2.05, 4.69) is 10.9 Å². The van der Waals surface area contributed by atoms with Crippen molar-refractivity contribution >= 4 is 46.6 Å². The van der Waals surface area contributed by atoms with Gasteiger partial charge in [-0.2, -0.15) is 0 Å². The normalized spacial score (nSPS) is 16.2. The van der Waals surface area contributed by atoms with Gasteiger partial charge in [0.05, 0.1) is 16.0 Å². The fraction of sp³-hybridized carbons (Fsp3) is 0.250. The predicted octanol–water partition coefficient (Wildman–Crippen LogP) is 3.42. The summed E-state index contributed by atoms with van der Waals surface area (Å²) in [5, 5.41) is 0.573. The van der Waals surface area contributed by atoms with Crippen molar-refractivity contribution < 1.29 is 14.4 Å². The van der Waals surface area contributed by atoms with Crippen molar-refractivity contribution in [2.75, 3.05) is 11.4 Å². The van der Waals surface area contributed by atoms with Gasteiger partial charge in [0.25, 0.3) is 5.91 Å². The Hall–Kier alpha value is -2.57. The monoisotopic (exact) mass is 419 g/mol. The lowest BCUT2D eigenvalue weighted by Gasteiger charge is -2.18. The maximum absolute atomic E-state index is 12.4. The van der Waals surface area contributed by atoms with Crippen LogP contribution >= 0.6 is 23.2 Å². The molecule has 2 aromatic carbocycles. The SMILES string of the molecule is Cc1ccc(N2C[C@H](C(=O)NNC(=O)c3ccc(Cl)c(Cl)c3)CC2=O)cc1C. The molecule has 6 nitrogen and oxygen atoms in total. The molecule has 8 heteroatoms. The molecule has 1 aliphatic heterocycles. The van der Waals surface area contributed by atoms with Crippen LogP contribution in [-0.4, -0.2) is 24.3 Å². The van der Waals surface area contributed by atoms with Gasteiger partial charge in [-0.25, -0.2) is 0 Å². The van der Waals surface area contributed by atoms with Crippen LogP contribution in [-0.2, 0) is 9.59 Å². The molecule has 3 amide bonds. The summed E-state index contributed by atoms with van der Waals surface area (Å²) in [6.45, 7) is 4.23. The van der Waals surface area contributed by atoms with Crippen LogP contribution in [0.15, 0.2) is 36.4 Å². The van der Waals surface area contributed by atoms with Crippen molar-refractivity contribution in [3.8, 4) is 0 Å². The molecule has 2 aromatic rings. The van der Waals surface area contributed by atoms with Crippen LogP contribution in [0.4, 0.5) is 5.69 Å². The molecule has 146 valence electrons. The zero-order valence-corrected chi connectivity index (χ0v) is 16.9. The minimum Gasteiger partial charge on any atom is -0.312 e. The summed E-state index contributed by atoms with van der Waals surface area (Å²) in [4.78, 5) is 38.5. The van der Waals surface area contributed by atoms with Crippen LogP contribution in [0.2, 0.25) is 10.0 Å². The van der Waals surface area contributed by atoms with Crippen LogP contribution in [0.5, 0.6) is 0 Å². The molecule has 1 heterocycles. The van der Waals surface area contributed by atoms with Crippen LogP contribution in [0.25, 0.3) is 0 Å². The predicted molar refractivity (Wildman–Crippen MR) is 108 cm³/mol. The Morgan fingerprint density at radius 2 is 1.75 bits per heavy atom. The molecule has 0 aromatic heterocycles. The van der Waals surface area contributed by atoms with E-state index >= 15 is 0 Å². The van der Waals surface area contributed by atoms with Gasteiger partial charge in [0.15, 0.2) is 0 Å². The van der Waals surface area contributed by atoms with Crippen molar-refractivity contribution in [1.29, 1.82) is 0 Å². The number of carbonyl (C=O) groups excluding carboxylic acids is 3. The number of amides is 3. The summed E-state index contributed by atoms with van der Waals surface area (Å²) >= 11 is 11.7. The zero-order valence-electron chi connectivity index (χ0n) is 15.4. The summed E-state index contributed by atoms with van der Waals surface area (Å²) in [5.74, 6) is -1.63. The molecule has 0 bridgehead atoms. The first-order valence-electron chi connectivity index (χ1n) is 8.69. The summed E-state index contributed by atoms with van der Waals surface area (Å²) in [7, 11) is 0. The second kappa shape index (κ2) is 8.20. The molecule has 0 radical (unpaired) electrons. The molecular formula is C20H19Cl2N3O3. The number of hydrazine groups is 1. The molecule has 1 aliphatic rings. The van der Waals surface area contributed by atoms with Crippen LogP contribution in [0, 0.1) is 19.8 Å². The first-order chi connectivity index (χ1) is 13.3. The van der Waals surface area contributed by atoms with E-state index in [1.165, 1.54) is 18.2 Å². The van der Waals surface area contributed by atoms with E-state index in [9.17, 15) is 14.4 Å². The maximum Gasteiger partial charge on any atom is 0.269 e. The molecule has 0 unspecified atom stereocenters. The molecule has 1 fully saturated rings. The lowest BCUT2D eigenvalue weighted by atomic mass is 10.1. The van der Waals surface area contributed by atoms with E-state index in [0.29, 0.717) is 5.02 Å². The van der Waals surface area contributed by atoms with Gasteiger partial charge in [-0.1, -0.05) is 29.3 Å². The van der Waals surface area contributed by atoms with Crippen LogP contribution in [0.3, 0.4) is 0 Å². The standard InChI is InChI=1S/C20H19Cl2N3O3/c1-11-3-5-15(7-12(11)2)25-10-14(9-18(25)26)20(28)24-23-19(27)13-4-6-16(21)17(22)8-13/h3-8,14H,9-10H2,1-2H3,(H,23,27)(H,24,28)/t14-/m1/s1. The Morgan fingerprint density at radius 3 is 2.43 bits per heavy atom. The molecule has 1 saturated heterocycles. The third kappa shape index (κ3) is 4.29. The topological polar surface area (TPSA) is 78.5 Å². The number of halogens is 2. The summed E-state index contributed by atoms with van der Waals surface area (Å²) in [6.07, 6.45) is 0.0847. The van der Waals surface area contributed by atoms with E-state index in [-0.39, 0.29) is 29.5 Å². The van der Waals surface area contributed by atoms with Crippen LogP contribution in [0.1, 0.15) is 27.9 Å². The van der Waals surface area contributed by atoms with E-state index < -0.39 is 17.7 Å². The zero-order chi connectivity index (χ0) is 20.4. The van der Waals surface area contributed by atoms with E-state index in [1.807, 2.05) is 32.0 Å². The number of nitrogens with zero attached hydrogens (tertiary/aromatic N) is 1.